The molecule has 98 valence electrons. The molecule has 1 amide bonds. The molecule has 0 bridgehead atoms. The molecule has 0 unspecified atom stereocenters. The lowest BCUT2D eigenvalue weighted by Crippen LogP contribution is -2.14. The summed E-state index contributed by atoms with van der Waals surface area (Å²) < 4.78 is 6.14. The molecule has 0 aromatic heterocycles. The van der Waals surface area contributed by atoms with Crippen LogP contribution in [0.15, 0.2) is 42.5 Å². The van der Waals surface area contributed by atoms with E-state index < -0.39 is 0 Å². The third-order valence-corrected chi connectivity index (χ3v) is 3.26. The molecule has 0 heterocycles. The molecule has 0 atom stereocenters. The summed E-state index contributed by atoms with van der Waals surface area (Å²) in [5, 5.41) is 2.81. The predicted molar refractivity (Wildman–Crippen MR) is 84.5 cm³/mol. The normalized spacial score (nSPS) is 10.0. The number of halogens is 1. The standard InChI is InChI=1S/C14H13IN2O2/c1-19-11-5-6-13(16)12(8-11)14(18)17-10-4-2-3-9(15)7-10/h2-8H,16H2,1H3,(H,17,18). The Morgan fingerprint density at radius 3 is 2.74 bits per heavy atom. The number of ether oxygens (including phenoxy) is 1. The fraction of sp³-hybridized carbons (Fsp3) is 0.0714. The second-order valence-electron chi connectivity index (χ2n) is 3.92. The Balaban J connectivity index is 2.25. The Bertz CT molecular complexity index is 614. The minimum atomic E-state index is -0.251. The van der Waals surface area contributed by atoms with E-state index in [1.165, 1.54) is 0 Å². The van der Waals surface area contributed by atoms with Crippen LogP contribution < -0.4 is 15.8 Å². The smallest absolute Gasteiger partial charge is 0.257 e. The number of amides is 1. The number of nitrogens with one attached hydrogen (secondary N) is 1. The summed E-state index contributed by atoms with van der Waals surface area (Å²) in [7, 11) is 1.55. The summed E-state index contributed by atoms with van der Waals surface area (Å²) in [6.45, 7) is 0. The Hall–Kier alpha value is -1.76. The maximum atomic E-state index is 12.2. The van der Waals surface area contributed by atoms with Gasteiger partial charge in [0.1, 0.15) is 5.75 Å². The van der Waals surface area contributed by atoms with Crippen molar-refractivity contribution < 1.29 is 9.53 Å². The Morgan fingerprint density at radius 2 is 2.05 bits per heavy atom. The van der Waals surface area contributed by atoms with Gasteiger partial charge >= 0.3 is 0 Å². The van der Waals surface area contributed by atoms with Crippen LogP contribution in [0.25, 0.3) is 0 Å². The van der Waals surface area contributed by atoms with Gasteiger partial charge in [0, 0.05) is 14.9 Å². The first-order valence-corrected chi connectivity index (χ1v) is 6.68. The molecular weight excluding hydrogens is 355 g/mol. The van der Waals surface area contributed by atoms with E-state index in [1.54, 1.807) is 25.3 Å². The van der Waals surface area contributed by atoms with Crippen LogP contribution in [0.5, 0.6) is 5.75 Å². The minimum Gasteiger partial charge on any atom is -0.497 e. The minimum absolute atomic E-state index is 0.251. The highest BCUT2D eigenvalue weighted by Crippen LogP contribution is 2.21. The molecule has 0 aliphatic heterocycles. The number of rotatable bonds is 3. The number of carbonyl (C=O) groups excluding carboxylic acids is 1. The van der Waals surface area contributed by atoms with E-state index >= 15 is 0 Å². The molecule has 0 aliphatic rings. The number of anilines is 2. The Morgan fingerprint density at radius 1 is 1.26 bits per heavy atom. The number of methoxy groups -OCH3 is 1. The highest BCUT2D eigenvalue weighted by Gasteiger charge is 2.11. The molecule has 19 heavy (non-hydrogen) atoms. The van der Waals surface area contributed by atoms with E-state index in [1.807, 2.05) is 24.3 Å². The third kappa shape index (κ3) is 3.37. The average molecular weight is 368 g/mol. The summed E-state index contributed by atoms with van der Waals surface area (Å²) in [5.74, 6) is 0.348. The SMILES string of the molecule is COc1ccc(N)c(C(=O)Nc2cccc(I)c2)c1. The van der Waals surface area contributed by atoms with E-state index in [4.69, 9.17) is 10.5 Å². The fourth-order valence-electron chi connectivity index (χ4n) is 1.62. The zero-order chi connectivity index (χ0) is 13.8. The van der Waals surface area contributed by atoms with Crippen molar-refractivity contribution in [3.63, 3.8) is 0 Å². The van der Waals surface area contributed by atoms with Crippen molar-refractivity contribution in [1.29, 1.82) is 0 Å². The number of hydrogen-bond donors (Lipinski definition) is 2. The summed E-state index contributed by atoms with van der Waals surface area (Å²) in [6, 6.07) is 12.5. The molecule has 0 saturated heterocycles. The third-order valence-electron chi connectivity index (χ3n) is 2.59. The zero-order valence-electron chi connectivity index (χ0n) is 10.3. The van der Waals surface area contributed by atoms with Crippen molar-refractivity contribution in [2.24, 2.45) is 0 Å². The van der Waals surface area contributed by atoms with Crippen LogP contribution in [-0.2, 0) is 0 Å². The van der Waals surface area contributed by atoms with Gasteiger partial charge in [-0.25, -0.2) is 0 Å². The van der Waals surface area contributed by atoms with E-state index in [-0.39, 0.29) is 5.91 Å². The van der Waals surface area contributed by atoms with Crippen molar-refractivity contribution in [2.45, 2.75) is 0 Å². The number of nitrogen functional groups attached to an aromatic ring is 1. The van der Waals surface area contributed by atoms with Gasteiger partial charge in [0.05, 0.1) is 12.7 Å². The topological polar surface area (TPSA) is 64.3 Å². The highest BCUT2D eigenvalue weighted by atomic mass is 127. The zero-order valence-corrected chi connectivity index (χ0v) is 12.5. The monoisotopic (exact) mass is 368 g/mol. The van der Waals surface area contributed by atoms with Gasteiger partial charge in [-0.2, -0.15) is 0 Å². The lowest BCUT2D eigenvalue weighted by atomic mass is 10.1. The number of benzene rings is 2. The van der Waals surface area contributed by atoms with Gasteiger partial charge in [0.25, 0.3) is 5.91 Å². The molecule has 0 spiro atoms. The largest absolute Gasteiger partial charge is 0.497 e. The predicted octanol–water partition coefficient (Wildman–Crippen LogP) is 3.13. The van der Waals surface area contributed by atoms with Gasteiger partial charge in [-0.15, -0.1) is 0 Å². The first-order valence-electron chi connectivity index (χ1n) is 5.60. The van der Waals surface area contributed by atoms with Crippen molar-refractivity contribution in [3.05, 3.63) is 51.6 Å². The maximum Gasteiger partial charge on any atom is 0.257 e. The molecule has 0 aliphatic carbocycles. The van der Waals surface area contributed by atoms with Crippen LogP contribution in [0.1, 0.15) is 10.4 Å². The van der Waals surface area contributed by atoms with Crippen molar-refractivity contribution in [2.75, 3.05) is 18.2 Å². The summed E-state index contributed by atoms with van der Waals surface area (Å²) in [4.78, 5) is 12.2. The van der Waals surface area contributed by atoms with Crippen LogP contribution >= 0.6 is 22.6 Å². The highest BCUT2D eigenvalue weighted by molar-refractivity contribution is 14.1. The van der Waals surface area contributed by atoms with Gasteiger partial charge < -0.3 is 15.8 Å². The van der Waals surface area contributed by atoms with Gasteiger partial charge in [-0.1, -0.05) is 6.07 Å². The van der Waals surface area contributed by atoms with Crippen LogP contribution in [-0.4, -0.2) is 13.0 Å². The second kappa shape index (κ2) is 5.92. The number of nitrogens with two attached hydrogens (primary N) is 1. The second-order valence-corrected chi connectivity index (χ2v) is 5.16. The first-order chi connectivity index (χ1) is 9.10. The molecule has 4 nitrogen and oxygen atoms in total. The average Bonchev–Trinajstić information content (AvgIpc) is 2.39. The molecule has 2 rings (SSSR count). The van der Waals surface area contributed by atoms with Gasteiger partial charge in [0.15, 0.2) is 0 Å². The van der Waals surface area contributed by atoms with Crippen molar-refractivity contribution in [3.8, 4) is 5.75 Å². The van der Waals surface area contributed by atoms with Crippen LogP contribution in [0.3, 0.4) is 0 Å². The molecule has 2 aromatic carbocycles. The fourth-order valence-corrected chi connectivity index (χ4v) is 2.17. The molecule has 0 radical (unpaired) electrons. The Labute approximate surface area is 125 Å². The summed E-state index contributed by atoms with van der Waals surface area (Å²) in [5.41, 5.74) is 7.37. The number of carbonyl (C=O) groups is 1. The molecule has 5 heteroatoms. The molecule has 0 fully saturated rings. The molecule has 0 saturated carbocycles. The van der Waals surface area contributed by atoms with Gasteiger partial charge in [-0.3, -0.25) is 4.79 Å². The lowest BCUT2D eigenvalue weighted by Gasteiger charge is -2.09. The van der Waals surface area contributed by atoms with E-state index in [0.29, 0.717) is 17.0 Å². The van der Waals surface area contributed by atoms with Crippen molar-refractivity contribution in [1.82, 2.24) is 0 Å². The van der Waals surface area contributed by atoms with Crippen LogP contribution in [0, 0.1) is 3.57 Å². The maximum absolute atomic E-state index is 12.2. The summed E-state index contributed by atoms with van der Waals surface area (Å²) >= 11 is 2.19. The van der Waals surface area contributed by atoms with Gasteiger partial charge in [-0.05, 0) is 59.0 Å². The molecule has 2 aromatic rings. The molecular formula is C14H13IN2O2. The van der Waals surface area contributed by atoms with Crippen LogP contribution in [0.2, 0.25) is 0 Å². The quantitative estimate of drug-likeness (QED) is 0.646. The van der Waals surface area contributed by atoms with Crippen molar-refractivity contribution >= 4 is 39.9 Å². The van der Waals surface area contributed by atoms with Gasteiger partial charge in [0.2, 0.25) is 0 Å². The van der Waals surface area contributed by atoms with E-state index in [2.05, 4.69) is 27.9 Å². The summed E-state index contributed by atoms with van der Waals surface area (Å²) in [6.07, 6.45) is 0. The first kappa shape index (κ1) is 13.7. The van der Waals surface area contributed by atoms with E-state index in [0.717, 1.165) is 9.26 Å². The lowest BCUT2D eigenvalue weighted by molar-refractivity contribution is 0.102. The van der Waals surface area contributed by atoms with E-state index in [9.17, 15) is 4.79 Å². The van der Waals surface area contributed by atoms with Crippen LogP contribution in [0.4, 0.5) is 11.4 Å². The Kier molecular flexibility index (Phi) is 4.26. The number of hydrogen-bond acceptors (Lipinski definition) is 3. The molecule has 3 N–H and O–H groups in total.